The van der Waals surface area contributed by atoms with Crippen molar-refractivity contribution in [3.63, 3.8) is 0 Å². The number of halogens is 1. The van der Waals surface area contributed by atoms with Gasteiger partial charge in [-0.05, 0) is 48.5 Å². The second kappa shape index (κ2) is 6.42. The van der Waals surface area contributed by atoms with Crippen LogP contribution in [-0.4, -0.2) is 26.7 Å². The number of fused-ring (bicyclic) bond motifs is 3. The minimum atomic E-state index is -0.356. The van der Waals surface area contributed by atoms with Gasteiger partial charge in [-0.1, -0.05) is 24.3 Å². The fraction of sp³-hybridized carbons (Fsp3) is 0.0455. The Bertz CT molecular complexity index is 1310. The van der Waals surface area contributed by atoms with E-state index in [2.05, 4.69) is 10.2 Å². The van der Waals surface area contributed by atoms with E-state index in [0.717, 1.165) is 22.2 Å². The Hall–Kier alpha value is -3.80. The number of para-hydroxylation sites is 1. The Balaban J connectivity index is 1.88. The van der Waals surface area contributed by atoms with E-state index in [-0.39, 0.29) is 5.82 Å². The van der Waals surface area contributed by atoms with Crippen molar-refractivity contribution in [3.8, 4) is 28.5 Å². The molecule has 0 aliphatic rings. The molecular weight excluding hydrogens is 355 g/mol. The van der Waals surface area contributed by atoms with E-state index < -0.39 is 0 Å². The molecule has 0 aliphatic heterocycles. The van der Waals surface area contributed by atoms with Crippen LogP contribution in [0.15, 0.2) is 72.8 Å². The standard InChI is InChI=1S/C22H15FN4O/c1-28-15-12-10-14(11-13-15)20-24-19-9-5-3-7-17(19)22-26-25-21(27(20)22)16-6-2-4-8-18(16)23/h2-13H,1H3. The molecule has 6 heteroatoms. The van der Waals surface area contributed by atoms with E-state index >= 15 is 0 Å². The highest BCUT2D eigenvalue weighted by molar-refractivity contribution is 5.94. The normalized spacial score (nSPS) is 11.2. The first-order valence-electron chi connectivity index (χ1n) is 8.79. The molecule has 0 saturated carbocycles. The third kappa shape index (κ3) is 2.50. The van der Waals surface area contributed by atoms with E-state index in [9.17, 15) is 4.39 Å². The second-order valence-electron chi connectivity index (χ2n) is 6.34. The molecule has 0 saturated heterocycles. The SMILES string of the molecule is COc1ccc(-c2nc3ccccc3c3nnc(-c4ccccc4F)n23)cc1. The van der Waals surface area contributed by atoms with Gasteiger partial charge < -0.3 is 4.74 Å². The molecule has 0 spiro atoms. The van der Waals surface area contributed by atoms with E-state index in [4.69, 9.17) is 9.72 Å². The topological polar surface area (TPSA) is 52.3 Å². The number of ether oxygens (including phenoxy) is 1. The minimum Gasteiger partial charge on any atom is -0.497 e. The zero-order valence-corrected chi connectivity index (χ0v) is 15.0. The van der Waals surface area contributed by atoms with E-state index in [1.165, 1.54) is 6.07 Å². The molecule has 0 aliphatic carbocycles. The first kappa shape index (κ1) is 16.4. The van der Waals surface area contributed by atoms with Gasteiger partial charge in [-0.3, -0.25) is 4.40 Å². The monoisotopic (exact) mass is 370 g/mol. The fourth-order valence-electron chi connectivity index (χ4n) is 3.33. The van der Waals surface area contributed by atoms with Crippen molar-refractivity contribution in [2.24, 2.45) is 0 Å². The maximum Gasteiger partial charge on any atom is 0.173 e. The highest BCUT2D eigenvalue weighted by Gasteiger charge is 2.19. The predicted octanol–water partition coefficient (Wildman–Crippen LogP) is 4.76. The number of rotatable bonds is 3. The number of benzene rings is 3. The van der Waals surface area contributed by atoms with Crippen molar-refractivity contribution >= 4 is 16.6 Å². The fourth-order valence-corrected chi connectivity index (χ4v) is 3.33. The lowest BCUT2D eigenvalue weighted by Gasteiger charge is -2.10. The molecule has 0 unspecified atom stereocenters. The molecule has 28 heavy (non-hydrogen) atoms. The minimum absolute atomic E-state index is 0.356. The Kier molecular flexibility index (Phi) is 3.76. The molecule has 5 aromatic rings. The number of hydrogen-bond acceptors (Lipinski definition) is 4. The highest BCUT2D eigenvalue weighted by atomic mass is 19.1. The van der Waals surface area contributed by atoms with Gasteiger partial charge in [-0.25, -0.2) is 9.37 Å². The Labute approximate surface area is 160 Å². The molecule has 0 bridgehead atoms. The smallest absolute Gasteiger partial charge is 0.173 e. The third-order valence-electron chi connectivity index (χ3n) is 4.71. The summed E-state index contributed by atoms with van der Waals surface area (Å²) in [6.07, 6.45) is 0. The van der Waals surface area contributed by atoms with Gasteiger partial charge in [0.05, 0.1) is 18.2 Å². The molecule has 0 amide bonds. The van der Waals surface area contributed by atoms with Crippen LogP contribution in [0.3, 0.4) is 0 Å². The van der Waals surface area contributed by atoms with Crippen LogP contribution in [0.25, 0.3) is 39.3 Å². The van der Waals surface area contributed by atoms with Gasteiger partial charge in [0.2, 0.25) is 0 Å². The Morgan fingerprint density at radius 2 is 1.57 bits per heavy atom. The Morgan fingerprint density at radius 1 is 0.821 bits per heavy atom. The average molecular weight is 370 g/mol. The van der Waals surface area contributed by atoms with Gasteiger partial charge in [0.15, 0.2) is 11.5 Å². The quantitative estimate of drug-likeness (QED) is 0.459. The van der Waals surface area contributed by atoms with Crippen LogP contribution in [0, 0.1) is 5.82 Å². The van der Waals surface area contributed by atoms with Crippen molar-refractivity contribution in [2.75, 3.05) is 7.11 Å². The lowest BCUT2D eigenvalue weighted by Crippen LogP contribution is -2.01. The van der Waals surface area contributed by atoms with Crippen LogP contribution >= 0.6 is 0 Å². The van der Waals surface area contributed by atoms with E-state index in [1.807, 2.05) is 52.9 Å². The first-order chi connectivity index (χ1) is 13.8. The average Bonchev–Trinajstić information content (AvgIpc) is 3.19. The molecule has 5 rings (SSSR count). The highest BCUT2D eigenvalue weighted by Crippen LogP contribution is 2.30. The molecule has 2 heterocycles. The summed E-state index contributed by atoms with van der Waals surface area (Å²) in [6.45, 7) is 0. The van der Waals surface area contributed by atoms with Crippen LogP contribution in [0.4, 0.5) is 4.39 Å². The molecule has 3 aromatic carbocycles. The molecule has 0 atom stereocenters. The van der Waals surface area contributed by atoms with Crippen molar-refractivity contribution in [1.29, 1.82) is 0 Å². The number of methoxy groups -OCH3 is 1. The number of aromatic nitrogens is 4. The van der Waals surface area contributed by atoms with Crippen molar-refractivity contribution in [2.45, 2.75) is 0 Å². The zero-order chi connectivity index (χ0) is 19.1. The zero-order valence-electron chi connectivity index (χ0n) is 15.0. The lowest BCUT2D eigenvalue weighted by molar-refractivity contribution is 0.415. The van der Waals surface area contributed by atoms with Crippen LogP contribution in [0.2, 0.25) is 0 Å². The van der Waals surface area contributed by atoms with Gasteiger partial charge in [0, 0.05) is 10.9 Å². The van der Waals surface area contributed by atoms with Gasteiger partial charge in [0.25, 0.3) is 0 Å². The summed E-state index contributed by atoms with van der Waals surface area (Å²) in [6, 6.07) is 21.8. The summed E-state index contributed by atoms with van der Waals surface area (Å²) >= 11 is 0. The number of hydrogen-bond donors (Lipinski definition) is 0. The summed E-state index contributed by atoms with van der Waals surface area (Å²) in [5.41, 5.74) is 2.67. The summed E-state index contributed by atoms with van der Waals surface area (Å²) in [5, 5.41) is 9.53. The predicted molar refractivity (Wildman–Crippen MR) is 106 cm³/mol. The molecule has 0 N–H and O–H groups in total. The largest absolute Gasteiger partial charge is 0.497 e. The van der Waals surface area contributed by atoms with Crippen LogP contribution < -0.4 is 4.74 Å². The molecular formula is C22H15FN4O. The van der Waals surface area contributed by atoms with E-state index in [1.54, 1.807) is 25.3 Å². The molecule has 136 valence electrons. The maximum atomic E-state index is 14.5. The lowest BCUT2D eigenvalue weighted by atomic mass is 10.1. The van der Waals surface area contributed by atoms with Crippen molar-refractivity contribution in [3.05, 3.63) is 78.6 Å². The van der Waals surface area contributed by atoms with Crippen LogP contribution in [-0.2, 0) is 0 Å². The van der Waals surface area contributed by atoms with Gasteiger partial charge >= 0.3 is 0 Å². The van der Waals surface area contributed by atoms with Crippen LogP contribution in [0.5, 0.6) is 5.75 Å². The molecule has 2 aromatic heterocycles. The third-order valence-corrected chi connectivity index (χ3v) is 4.71. The van der Waals surface area contributed by atoms with Gasteiger partial charge in [0.1, 0.15) is 17.4 Å². The Morgan fingerprint density at radius 3 is 2.36 bits per heavy atom. The molecule has 0 fully saturated rings. The second-order valence-corrected chi connectivity index (χ2v) is 6.34. The van der Waals surface area contributed by atoms with Crippen LogP contribution in [0.1, 0.15) is 0 Å². The molecule has 0 radical (unpaired) electrons. The van der Waals surface area contributed by atoms with Gasteiger partial charge in [-0.15, -0.1) is 10.2 Å². The summed E-state index contributed by atoms with van der Waals surface area (Å²) < 4.78 is 21.6. The van der Waals surface area contributed by atoms with Crippen molar-refractivity contribution in [1.82, 2.24) is 19.6 Å². The summed E-state index contributed by atoms with van der Waals surface area (Å²) in [4.78, 5) is 4.84. The maximum absolute atomic E-state index is 14.5. The first-order valence-corrected chi connectivity index (χ1v) is 8.79. The number of nitrogens with zero attached hydrogens (tertiary/aromatic N) is 4. The summed E-state index contributed by atoms with van der Waals surface area (Å²) in [5.74, 6) is 1.45. The van der Waals surface area contributed by atoms with E-state index in [0.29, 0.717) is 22.9 Å². The van der Waals surface area contributed by atoms with Gasteiger partial charge in [-0.2, -0.15) is 0 Å². The summed E-state index contributed by atoms with van der Waals surface area (Å²) in [7, 11) is 1.62. The van der Waals surface area contributed by atoms with Crippen molar-refractivity contribution < 1.29 is 9.13 Å². The molecule has 5 nitrogen and oxygen atoms in total.